The van der Waals surface area contributed by atoms with Crippen LogP contribution in [0.1, 0.15) is 20.3 Å². The van der Waals surface area contributed by atoms with Crippen molar-refractivity contribution in [3.05, 3.63) is 24.8 Å². The molecular formula is C10H16. The molecule has 0 aromatic heterocycles. The lowest BCUT2D eigenvalue weighted by atomic mass is 9.93. The third-order valence-corrected chi connectivity index (χ3v) is 2.31. The fourth-order valence-corrected chi connectivity index (χ4v) is 1.43. The highest BCUT2D eigenvalue weighted by atomic mass is 14.2. The Morgan fingerprint density at radius 3 is 2.50 bits per heavy atom. The lowest BCUT2D eigenvalue weighted by Crippen LogP contribution is -2.03. The Morgan fingerprint density at radius 2 is 2.20 bits per heavy atom. The van der Waals surface area contributed by atoms with E-state index in [1.165, 1.54) is 6.42 Å². The second-order valence-corrected chi connectivity index (χ2v) is 3.43. The minimum absolute atomic E-state index is 0.646. The molecule has 0 unspecified atom stereocenters. The Kier molecular flexibility index (Phi) is 2.31. The first-order chi connectivity index (χ1) is 4.74. The zero-order valence-electron chi connectivity index (χ0n) is 6.88. The van der Waals surface area contributed by atoms with E-state index in [9.17, 15) is 0 Å². The number of hydrogen-bond donors (Lipinski definition) is 0. The van der Waals surface area contributed by atoms with Gasteiger partial charge in [0.15, 0.2) is 0 Å². The van der Waals surface area contributed by atoms with Gasteiger partial charge in [0.05, 0.1) is 0 Å². The van der Waals surface area contributed by atoms with Gasteiger partial charge in [-0.1, -0.05) is 32.1 Å². The zero-order valence-corrected chi connectivity index (χ0v) is 6.88. The van der Waals surface area contributed by atoms with Crippen molar-refractivity contribution in [3.63, 3.8) is 0 Å². The van der Waals surface area contributed by atoms with E-state index in [2.05, 4.69) is 32.6 Å². The van der Waals surface area contributed by atoms with E-state index < -0.39 is 0 Å². The largest absolute Gasteiger partial charge is 0.102 e. The first kappa shape index (κ1) is 7.59. The summed E-state index contributed by atoms with van der Waals surface area (Å²) in [6.45, 7) is 8.34. The molecule has 0 aliphatic heterocycles. The van der Waals surface area contributed by atoms with Crippen molar-refractivity contribution in [2.24, 2.45) is 17.8 Å². The molecule has 0 saturated carbocycles. The Balaban J connectivity index is 2.45. The molecule has 0 fully saturated rings. The van der Waals surface area contributed by atoms with Crippen LogP contribution in [0, 0.1) is 17.8 Å². The van der Waals surface area contributed by atoms with Crippen LogP contribution >= 0.6 is 0 Å². The summed E-state index contributed by atoms with van der Waals surface area (Å²) in [4.78, 5) is 0. The van der Waals surface area contributed by atoms with Gasteiger partial charge in [-0.05, 0) is 24.2 Å². The summed E-state index contributed by atoms with van der Waals surface area (Å²) >= 11 is 0. The molecule has 1 rings (SSSR count). The molecule has 0 aromatic carbocycles. The van der Waals surface area contributed by atoms with Crippen LogP contribution in [0.2, 0.25) is 0 Å². The first-order valence-corrected chi connectivity index (χ1v) is 4.05. The van der Waals surface area contributed by atoms with Crippen molar-refractivity contribution in [1.29, 1.82) is 0 Å². The Hall–Kier alpha value is -0.520. The Bertz CT molecular complexity index is 142. The fraction of sp³-hybridized carbons (Fsp3) is 0.600. The maximum Gasteiger partial charge on any atom is -0.00504 e. The molecule has 0 saturated heterocycles. The molecule has 0 amide bonds. The molecule has 1 aliphatic rings. The average molecular weight is 136 g/mol. The molecular weight excluding hydrogens is 120 g/mol. The molecule has 1 aliphatic carbocycles. The van der Waals surface area contributed by atoms with E-state index in [4.69, 9.17) is 0 Å². The van der Waals surface area contributed by atoms with Crippen molar-refractivity contribution >= 4 is 0 Å². The highest BCUT2D eigenvalue weighted by Gasteiger charge is 2.18. The van der Waals surface area contributed by atoms with Gasteiger partial charge >= 0.3 is 0 Å². The summed E-state index contributed by atoms with van der Waals surface area (Å²) in [5, 5.41) is 0. The van der Waals surface area contributed by atoms with Gasteiger partial charge in [-0.3, -0.25) is 0 Å². The lowest BCUT2D eigenvalue weighted by molar-refractivity contribution is 0.437. The molecule has 0 heteroatoms. The fourth-order valence-electron chi connectivity index (χ4n) is 1.43. The molecule has 2 atom stereocenters. The quantitative estimate of drug-likeness (QED) is 0.512. The number of hydrogen-bond acceptors (Lipinski definition) is 0. The van der Waals surface area contributed by atoms with Crippen molar-refractivity contribution < 1.29 is 0 Å². The summed E-state index contributed by atoms with van der Waals surface area (Å²) in [6, 6.07) is 0. The molecule has 0 radical (unpaired) electrons. The molecule has 0 heterocycles. The smallest absolute Gasteiger partial charge is 0.00504 e. The van der Waals surface area contributed by atoms with Crippen LogP contribution in [-0.2, 0) is 0 Å². The third-order valence-electron chi connectivity index (χ3n) is 2.31. The predicted octanol–water partition coefficient (Wildman–Crippen LogP) is 3.02. The van der Waals surface area contributed by atoms with Crippen LogP contribution in [0.3, 0.4) is 0 Å². The topological polar surface area (TPSA) is 0 Å². The summed E-state index contributed by atoms with van der Waals surface area (Å²) in [5.74, 6) is 2.23. The Labute approximate surface area is 63.6 Å². The van der Waals surface area contributed by atoms with Gasteiger partial charge in [0.25, 0.3) is 0 Å². The van der Waals surface area contributed by atoms with Gasteiger partial charge in [-0.25, -0.2) is 0 Å². The van der Waals surface area contributed by atoms with Gasteiger partial charge in [0.2, 0.25) is 0 Å². The molecule has 0 aromatic rings. The highest BCUT2D eigenvalue weighted by molar-refractivity contribution is 5.08. The number of rotatable bonds is 2. The number of allylic oxidation sites excluding steroid dienone is 3. The van der Waals surface area contributed by atoms with Crippen molar-refractivity contribution in [3.8, 4) is 0 Å². The van der Waals surface area contributed by atoms with Gasteiger partial charge < -0.3 is 0 Å². The summed E-state index contributed by atoms with van der Waals surface area (Å²) < 4.78 is 0. The van der Waals surface area contributed by atoms with Gasteiger partial charge in [0.1, 0.15) is 0 Å². The van der Waals surface area contributed by atoms with Gasteiger partial charge in [-0.15, -0.1) is 6.58 Å². The van der Waals surface area contributed by atoms with Crippen LogP contribution in [0.15, 0.2) is 24.8 Å². The standard InChI is InChI=1S/C10H16/c1-4-9-5-6-10(7-9)8(2)3/h4-6,8-10H,1,7H2,2-3H3/t9-,10+/m1/s1. The second-order valence-electron chi connectivity index (χ2n) is 3.43. The molecule has 0 spiro atoms. The van der Waals surface area contributed by atoms with Gasteiger partial charge in [-0.2, -0.15) is 0 Å². The van der Waals surface area contributed by atoms with Crippen molar-refractivity contribution in [2.75, 3.05) is 0 Å². The SMILES string of the molecule is C=C[C@@H]1C=C[C@H](C(C)C)C1. The third kappa shape index (κ3) is 1.50. The van der Waals surface area contributed by atoms with Crippen molar-refractivity contribution in [1.82, 2.24) is 0 Å². The van der Waals surface area contributed by atoms with E-state index in [1.807, 2.05) is 6.08 Å². The zero-order chi connectivity index (χ0) is 7.56. The summed E-state index contributed by atoms with van der Waals surface area (Å²) in [6.07, 6.45) is 7.93. The highest BCUT2D eigenvalue weighted by Crippen LogP contribution is 2.29. The monoisotopic (exact) mass is 136 g/mol. The summed E-state index contributed by atoms with van der Waals surface area (Å²) in [7, 11) is 0. The van der Waals surface area contributed by atoms with Crippen molar-refractivity contribution in [2.45, 2.75) is 20.3 Å². The predicted molar refractivity (Wildman–Crippen MR) is 45.8 cm³/mol. The van der Waals surface area contributed by atoms with Gasteiger partial charge in [0, 0.05) is 0 Å². The molecule has 10 heavy (non-hydrogen) atoms. The van der Waals surface area contributed by atoms with E-state index in [0.29, 0.717) is 5.92 Å². The molecule has 0 nitrogen and oxygen atoms in total. The Morgan fingerprint density at radius 1 is 1.50 bits per heavy atom. The van der Waals surface area contributed by atoms with Crippen LogP contribution in [0.4, 0.5) is 0 Å². The maximum atomic E-state index is 3.79. The van der Waals surface area contributed by atoms with E-state index in [1.54, 1.807) is 0 Å². The second kappa shape index (κ2) is 3.05. The van der Waals surface area contributed by atoms with E-state index in [-0.39, 0.29) is 0 Å². The molecule has 56 valence electrons. The van der Waals surface area contributed by atoms with Crippen LogP contribution < -0.4 is 0 Å². The van der Waals surface area contributed by atoms with Crippen LogP contribution in [0.5, 0.6) is 0 Å². The van der Waals surface area contributed by atoms with Crippen LogP contribution in [0.25, 0.3) is 0 Å². The van der Waals surface area contributed by atoms with E-state index in [0.717, 1.165) is 11.8 Å². The molecule has 0 bridgehead atoms. The lowest BCUT2D eigenvalue weighted by Gasteiger charge is -2.12. The van der Waals surface area contributed by atoms with Crippen LogP contribution in [-0.4, -0.2) is 0 Å². The first-order valence-electron chi connectivity index (χ1n) is 4.05. The summed E-state index contributed by atoms with van der Waals surface area (Å²) in [5.41, 5.74) is 0. The normalized spacial score (nSPS) is 31.5. The minimum Gasteiger partial charge on any atom is -0.102 e. The van der Waals surface area contributed by atoms with E-state index >= 15 is 0 Å². The molecule has 0 N–H and O–H groups in total. The average Bonchev–Trinajstić information content (AvgIpc) is 2.34. The maximum absolute atomic E-state index is 3.79. The minimum atomic E-state index is 0.646.